The van der Waals surface area contributed by atoms with E-state index in [0.717, 1.165) is 95.8 Å². The van der Waals surface area contributed by atoms with E-state index < -0.39 is 97.5 Å². The summed E-state index contributed by atoms with van der Waals surface area (Å²) in [5.74, 6) is -1.37. The number of unbranched alkanes of at least 4 members (excludes halogenated alkanes) is 45. The SMILES string of the molecule is CCCCCCCCCCCCCCCCCCCC(=O)O[C@H](COC(=O)CCCCCCCCCCCC(C)C)COP(=O)(O)OC[C@@H](O)COP(=O)(O)OC[C@@H](COC(=O)CCCCCCCCCCCCC)OC(=O)CCCCCCCCCCCCCC. The van der Waals surface area contributed by atoms with Gasteiger partial charge in [0.2, 0.25) is 0 Å². The Balaban J connectivity index is 5.24. The van der Waals surface area contributed by atoms with Crippen molar-refractivity contribution in [2.24, 2.45) is 5.92 Å². The van der Waals surface area contributed by atoms with Crippen LogP contribution < -0.4 is 0 Å². The third-order valence-corrected chi connectivity index (χ3v) is 18.9. The average Bonchev–Trinajstić information content (AvgIpc) is 3.45. The van der Waals surface area contributed by atoms with E-state index in [4.69, 9.17) is 37.0 Å². The molecule has 0 bridgehead atoms. The first kappa shape index (κ1) is 90.1. The Morgan fingerprint density at radius 3 is 0.739 bits per heavy atom. The van der Waals surface area contributed by atoms with Gasteiger partial charge in [0.25, 0.3) is 0 Å². The summed E-state index contributed by atoms with van der Waals surface area (Å²) in [5, 5.41) is 10.6. The molecule has 0 heterocycles. The minimum Gasteiger partial charge on any atom is -0.462 e. The number of ether oxygens (including phenoxy) is 4. The first-order valence-corrected chi connectivity index (χ1v) is 41.1. The van der Waals surface area contributed by atoms with E-state index >= 15 is 0 Å². The number of aliphatic hydroxyl groups is 1. The average molecular weight is 1350 g/mol. The fourth-order valence-electron chi connectivity index (χ4n) is 11.2. The monoisotopic (exact) mass is 1350 g/mol. The van der Waals surface area contributed by atoms with Gasteiger partial charge in [0.05, 0.1) is 26.4 Å². The lowest BCUT2D eigenvalue weighted by atomic mass is 10.0. The minimum absolute atomic E-state index is 0.108. The number of hydrogen-bond donors (Lipinski definition) is 3. The van der Waals surface area contributed by atoms with Crippen LogP contribution in [0.15, 0.2) is 0 Å². The predicted molar refractivity (Wildman–Crippen MR) is 372 cm³/mol. The van der Waals surface area contributed by atoms with Crippen LogP contribution >= 0.6 is 15.6 Å². The van der Waals surface area contributed by atoms with Gasteiger partial charge in [-0.15, -0.1) is 0 Å². The highest BCUT2D eigenvalue weighted by atomic mass is 31.2. The lowest BCUT2D eigenvalue weighted by Crippen LogP contribution is -2.30. The third-order valence-electron chi connectivity index (χ3n) is 17.0. The van der Waals surface area contributed by atoms with E-state index in [-0.39, 0.29) is 25.7 Å². The summed E-state index contributed by atoms with van der Waals surface area (Å²) < 4.78 is 68.4. The van der Waals surface area contributed by atoms with Gasteiger partial charge in [-0.3, -0.25) is 37.3 Å². The molecule has 5 atom stereocenters. The molecule has 0 aliphatic carbocycles. The highest BCUT2D eigenvalue weighted by molar-refractivity contribution is 7.47. The van der Waals surface area contributed by atoms with Crippen LogP contribution in [0.25, 0.3) is 0 Å². The first-order valence-electron chi connectivity index (χ1n) is 38.1. The smallest absolute Gasteiger partial charge is 0.462 e. The van der Waals surface area contributed by atoms with Gasteiger partial charge in [-0.2, -0.15) is 0 Å². The van der Waals surface area contributed by atoms with Crippen LogP contribution in [0.1, 0.15) is 381 Å². The highest BCUT2D eigenvalue weighted by Gasteiger charge is 2.30. The molecular formula is C73H142O17P2. The number of hydrogen-bond acceptors (Lipinski definition) is 15. The molecule has 0 amide bonds. The zero-order chi connectivity index (χ0) is 67.7. The predicted octanol–water partition coefficient (Wildman–Crippen LogP) is 21.3. The summed E-state index contributed by atoms with van der Waals surface area (Å²) in [5.41, 5.74) is 0. The summed E-state index contributed by atoms with van der Waals surface area (Å²) in [6.07, 6.45) is 54.0. The van der Waals surface area contributed by atoms with Crippen molar-refractivity contribution in [1.82, 2.24) is 0 Å². The van der Waals surface area contributed by atoms with Crippen LogP contribution in [-0.2, 0) is 65.4 Å². The number of rotatable bonds is 73. The molecule has 19 heteroatoms. The number of phosphoric acid groups is 2. The maximum Gasteiger partial charge on any atom is 0.472 e. The molecule has 0 fully saturated rings. The van der Waals surface area contributed by atoms with Crippen LogP contribution in [0.3, 0.4) is 0 Å². The first-order chi connectivity index (χ1) is 44.5. The van der Waals surface area contributed by atoms with Crippen LogP contribution in [0.4, 0.5) is 0 Å². The number of carbonyl (C=O) groups is 4. The lowest BCUT2D eigenvalue weighted by Gasteiger charge is -2.21. The molecule has 546 valence electrons. The Labute approximate surface area is 562 Å². The molecule has 0 saturated heterocycles. The largest absolute Gasteiger partial charge is 0.472 e. The van der Waals surface area contributed by atoms with Gasteiger partial charge in [-0.25, -0.2) is 9.13 Å². The third kappa shape index (κ3) is 66.7. The summed E-state index contributed by atoms with van der Waals surface area (Å²) in [4.78, 5) is 72.7. The van der Waals surface area contributed by atoms with Crippen LogP contribution in [-0.4, -0.2) is 96.7 Å². The van der Waals surface area contributed by atoms with Crippen molar-refractivity contribution in [2.45, 2.75) is 400 Å². The molecule has 0 aromatic rings. The topological polar surface area (TPSA) is 237 Å². The van der Waals surface area contributed by atoms with Gasteiger partial charge in [-0.05, 0) is 31.6 Å². The summed E-state index contributed by atoms with van der Waals surface area (Å²) in [6.45, 7) is 7.25. The van der Waals surface area contributed by atoms with E-state index in [0.29, 0.717) is 25.7 Å². The zero-order valence-electron chi connectivity index (χ0n) is 59.7. The van der Waals surface area contributed by atoms with Crippen molar-refractivity contribution in [3.63, 3.8) is 0 Å². The van der Waals surface area contributed by atoms with Gasteiger partial charge < -0.3 is 33.8 Å². The highest BCUT2D eigenvalue weighted by Crippen LogP contribution is 2.45. The summed E-state index contributed by atoms with van der Waals surface area (Å²) in [7, 11) is -9.90. The lowest BCUT2D eigenvalue weighted by molar-refractivity contribution is -0.161. The molecular weight excluding hydrogens is 1210 g/mol. The molecule has 3 N–H and O–H groups in total. The Kier molecular flexibility index (Phi) is 64.9. The summed E-state index contributed by atoms with van der Waals surface area (Å²) in [6, 6.07) is 0. The van der Waals surface area contributed by atoms with Crippen LogP contribution in [0.2, 0.25) is 0 Å². The number of aliphatic hydroxyl groups excluding tert-OH is 1. The molecule has 0 aliphatic heterocycles. The standard InChI is InChI=1S/C73H142O17P2/c1-6-9-12-15-18-21-24-26-27-28-29-30-33-38-44-49-54-59-73(78)90-69(63-84-71(76)57-52-47-42-39-34-35-40-45-50-55-66(4)5)65-88-92(81,82)86-61-67(74)60-85-91(79,80)87-64-68(62-83-70(75)56-51-46-41-36-31-23-20-17-14-11-8-3)89-72(77)58-53-48-43-37-32-25-22-19-16-13-10-7-2/h66-69,74H,6-65H2,1-5H3,(H,79,80)(H,81,82)/t67-,68+,69+/m0/s1. The van der Waals surface area contributed by atoms with Crippen molar-refractivity contribution in [1.29, 1.82) is 0 Å². The normalized spacial score (nSPS) is 14.0. The van der Waals surface area contributed by atoms with E-state index in [9.17, 15) is 43.2 Å². The second-order valence-corrected chi connectivity index (χ2v) is 29.7. The summed E-state index contributed by atoms with van der Waals surface area (Å²) >= 11 is 0. The molecule has 0 rings (SSSR count). The molecule has 0 spiro atoms. The van der Waals surface area contributed by atoms with Gasteiger partial charge in [0, 0.05) is 25.7 Å². The molecule has 0 aromatic carbocycles. The fourth-order valence-corrected chi connectivity index (χ4v) is 12.8. The van der Waals surface area contributed by atoms with Gasteiger partial charge in [-0.1, -0.05) is 330 Å². The number of carbonyl (C=O) groups excluding carboxylic acids is 4. The molecule has 17 nitrogen and oxygen atoms in total. The molecule has 0 aliphatic rings. The van der Waals surface area contributed by atoms with Crippen molar-refractivity contribution in [3.8, 4) is 0 Å². The van der Waals surface area contributed by atoms with Gasteiger partial charge in [0.1, 0.15) is 19.3 Å². The van der Waals surface area contributed by atoms with Crippen molar-refractivity contribution >= 4 is 39.5 Å². The van der Waals surface area contributed by atoms with Crippen molar-refractivity contribution < 1.29 is 80.2 Å². The Bertz CT molecular complexity index is 1770. The second kappa shape index (κ2) is 66.3. The molecule has 0 aromatic heterocycles. The van der Waals surface area contributed by atoms with E-state index in [1.54, 1.807) is 0 Å². The van der Waals surface area contributed by atoms with Gasteiger partial charge >= 0.3 is 39.5 Å². The minimum atomic E-state index is -4.95. The second-order valence-electron chi connectivity index (χ2n) is 26.8. The van der Waals surface area contributed by atoms with E-state index in [1.807, 2.05) is 0 Å². The quantitative estimate of drug-likeness (QED) is 0.0222. The zero-order valence-corrected chi connectivity index (χ0v) is 61.5. The number of esters is 4. The Morgan fingerprint density at radius 2 is 0.500 bits per heavy atom. The van der Waals surface area contributed by atoms with Gasteiger partial charge in [0.15, 0.2) is 12.2 Å². The van der Waals surface area contributed by atoms with Crippen LogP contribution in [0.5, 0.6) is 0 Å². The van der Waals surface area contributed by atoms with E-state index in [2.05, 4.69) is 34.6 Å². The maximum atomic E-state index is 13.1. The molecule has 2 unspecified atom stereocenters. The molecule has 92 heavy (non-hydrogen) atoms. The molecule has 0 saturated carbocycles. The fraction of sp³-hybridized carbons (Fsp3) is 0.945. The van der Waals surface area contributed by atoms with Crippen molar-refractivity contribution in [3.05, 3.63) is 0 Å². The van der Waals surface area contributed by atoms with Crippen molar-refractivity contribution in [2.75, 3.05) is 39.6 Å². The Hall–Kier alpha value is -1.94. The Morgan fingerprint density at radius 1 is 0.293 bits per heavy atom. The van der Waals surface area contributed by atoms with Crippen LogP contribution in [0, 0.1) is 5.92 Å². The van der Waals surface area contributed by atoms with E-state index in [1.165, 1.54) is 205 Å². The number of phosphoric ester groups is 2. The maximum absolute atomic E-state index is 13.1. The molecule has 0 radical (unpaired) electrons.